The van der Waals surface area contributed by atoms with E-state index < -0.39 is 5.60 Å². The lowest BCUT2D eigenvalue weighted by atomic mass is 9.81. The molecule has 3 N–H and O–H groups in total. The van der Waals surface area contributed by atoms with Crippen molar-refractivity contribution in [1.82, 2.24) is 25.0 Å². The van der Waals surface area contributed by atoms with Crippen molar-refractivity contribution >= 4 is 34.0 Å². The monoisotopic (exact) mass is 454 g/mol. The van der Waals surface area contributed by atoms with E-state index in [4.69, 9.17) is 0 Å². The number of rotatable bonds is 6. The number of nitrogens with zero attached hydrogens (tertiary/aromatic N) is 4. The van der Waals surface area contributed by atoms with E-state index in [0.717, 1.165) is 60.5 Å². The molecule has 1 saturated carbocycles. The fraction of sp³-hybridized carbons (Fsp3) is 0.522. The number of hydrogen-bond donors (Lipinski definition) is 3. The molecule has 1 aliphatic heterocycles. The number of aliphatic hydroxyl groups is 1. The van der Waals surface area contributed by atoms with Crippen molar-refractivity contribution in [2.24, 2.45) is 7.05 Å². The molecular weight excluding hydrogens is 424 g/mol. The zero-order valence-electron chi connectivity index (χ0n) is 18.5. The molecule has 1 aromatic carbocycles. The first kappa shape index (κ1) is 21.4. The Morgan fingerprint density at radius 3 is 2.81 bits per heavy atom. The van der Waals surface area contributed by atoms with Crippen LogP contribution in [0.5, 0.6) is 0 Å². The largest absolute Gasteiger partial charge is 0.383 e. The summed E-state index contributed by atoms with van der Waals surface area (Å²) in [5.74, 6) is 0.731. The van der Waals surface area contributed by atoms with Crippen molar-refractivity contribution < 1.29 is 9.90 Å². The molecule has 8 nitrogen and oxygen atoms in total. The van der Waals surface area contributed by atoms with Crippen molar-refractivity contribution in [1.29, 1.82) is 0 Å². The van der Waals surface area contributed by atoms with Crippen molar-refractivity contribution in [3.05, 3.63) is 40.3 Å². The van der Waals surface area contributed by atoms with E-state index in [1.54, 1.807) is 6.20 Å². The van der Waals surface area contributed by atoms with Gasteiger partial charge in [-0.2, -0.15) is 5.10 Å². The number of benzene rings is 1. The minimum Gasteiger partial charge on any atom is -0.383 e. The van der Waals surface area contributed by atoms with Crippen molar-refractivity contribution in [2.75, 3.05) is 25.0 Å². The molecule has 3 aromatic rings. The first-order valence-corrected chi connectivity index (χ1v) is 12.1. The highest BCUT2D eigenvalue weighted by atomic mass is 32.1. The van der Waals surface area contributed by atoms with Crippen LogP contribution in [0.1, 0.15) is 36.3 Å². The van der Waals surface area contributed by atoms with Crippen molar-refractivity contribution in [3.8, 4) is 0 Å². The highest BCUT2D eigenvalue weighted by Gasteiger charge is 2.41. The maximum atomic E-state index is 12.5. The van der Waals surface area contributed by atoms with Gasteiger partial charge in [-0.15, -0.1) is 11.3 Å². The van der Waals surface area contributed by atoms with Crippen LogP contribution in [0.4, 0.5) is 5.82 Å². The lowest BCUT2D eigenvalue weighted by molar-refractivity contribution is -0.121. The summed E-state index contributed by atoms with van der Waals surface area (Å²) in [6, 6.07) is 6.87. The average molecular weight is 455 g/mol. The fourth-order valence-electron chi connectivity index (χ4n) is 4.97. The number of likely N-dealkylation sites (tertiary alicyclic amines) is 1. The number of aromatic nitrogens is 3. The lowest BCUT2D eigenvalue weighted by Gasteiger charge is -2.47. The Kier molecular flexibility index (Phi) is 5.65. The molecular formula is C23H30N6O2S. The number of nitrogens with one attached hydrogen (secondary N) is 2. The predicted molar refractivity (Wildman–Crippen MR) is 126 cm³/mol. The zero-order valence-corrected chi connectivity index (χ0v) is 19.4. The van der Waals surface area contributed by atoms with Gasteiger partial charge in [0, 0.05) is 43.1 Å². The molecule has 0 bridgehead atoms. The predicted octanol–water partition coefficient (Wildman–Crippen LogP) is 2.38. The number of amides is 1. The second-order valence-electron chi connectivity index (χ2n) is 9.16. The minimum absolute atomic E-state index is 0.0112. The second kappa shape index (κ2) is 8.46. The van der Waals surface area contributed by atoms with Gasteiger partial charge in [-0.05, 0) is 44.7 Å². The van der Waals surface area contributed by atoms with Crippen LogP contribution in [0.15, 0.2) is 29.8 Å². The molecule has 2 fully saturated rings. The third-order valence-corrected chi connectivity index (χ3v) is 7.79. The Morgan fingerprint density at radius 2 is 2.09 bits per heavy atom. The maximum Gasteiger partial charge on any atom is 0.239 e. The summed E-state index contributed by atoms with van der Waals surface area (Å²) in [7, 11) is 1.91. The molecule has 0 unspecified atom stereocenters. The van der Waals surface area contributed by atoms with Crippen LogP contribution in [0.25, 0.3) is 10.9 Å². The Hall–Kier alpha value is -2.49. The van der Waals surface area contributed by atoms with Gasteiger partial charge in [0.2, 0.25) is 5.91 Å². The van der Waals surface area contributed by atoms with Crippen LogP contribution >= 0.6 is 11.3 Å². The first-order chi connectivity index (χ1) is 15.4. The van der Waals surface area contributed by atoms with Crippen molar-refractivity contribution in [3.63, 3.8) is 0 Å². The summed E-state index contributed by atoms with van der Waals surface area (Å²) < 4.78 is 1.83. The van der Waals surface area contributed by atoms with Crippen LogP contribution in [0.3, 0.4) is 0 Å². The molecule has 5 rings (SSSR count). The summed E-state index contributed by atoms with van der Waals surface area (Å²) in [6.07, 6.45) is 5.19. The SMILES string of the molecule is Cc1ccc2c(c1)c(NCC(=O)NC1CN(C3CCC(O)(c4nccs4)CC3)C1)nn2C. The van der Waals surface area contributed by atoms with Crippen LogP contribution in [0, 0.1) is 6.92 Å². The highest BCUT2D eigenvalue weighted by molar-refractivity contribution is 7.09. The molecule has 0 atom stereocenters. The van der Waals surface area contributed by atoms with E-state index >= 15 is 0 Å². The van der Waals surface area contributed by atoms with Gasteiger partial charge >= 0.3 is 0 Å². The molecule has 2 aliphatic rings. The standard InChI is InChI=1S/C23H30N6O2S/c1-15-3-4-19-18(11-15)21(27-28(19)2)25-12-20(30)26-16-13-29(14-16)17-5-7-23(31,8-6-17)22-24-9-10-32-22/h3-4,9-11,16-17,31H,5-8,12-14H2,1-2H3,(H,25,27)(H,26,30). The minimum atomic E-state index is -0.761. The summed E-state index contributed by atoms with van der Waals surface area (Å²) >= 11 is 1.54. The number of aryl methyl sites for hydroxylation is 2. The molecule has 1 saturated heterocycles. The molecule has 170 valence electrons. The van der Waals surface area contributed by atoms with Gasteiger partial charge in [0.15, 0.2) is 5.82 Å². The first-order valence-electron chi connectivity index (χ1n) is 11.2. The molecule has 1 aliphatic carbocycles. The number of carbonyl (C=O) groups is 1. The Labute approximate surface area is 191 Å². The summed E-state index contributed by atoms with van der Waals surface area (Å²) in [5, 5.41) is 25.5. The molecule has 9 heteroatoms. The highest BCUT2D eigenvalue weighted by Crippen LogP contribution is 2.40. The number of hydrogen-bond acceptors (Lipinski definition) is 7. The smallest absolute Gasteiger partial charge is 0.239 e. The van der Waals surface area contributed by atoms with Gasteiger partial charge in [0.1, 0.15) is 10.6 Å². The normalized spacial score (nSPS) is 24.4. The average Bonchev–Trinajstić information content (AvgIpc) is 3.39. The molecule has 2 aromatic heterocycles. The van der Waals surface area contributed by atoms with Crippen molar-refractivity contribution in [2.45, 2.75) is 50.3 Å². The number of thiazole rings is 1. The van der Waals surface area contributed by atoms with E-state index in [2.05, 4.69) is 50.7 Å². The zero-order chi connectivity index (χ0) is 22.3. The van der Waals surface area contributed by atoms with Gasteiger partial charge in [0.25, 0.3) is 0 Å². The number of anilines is 1. The third-order valence-electron chi connectivity index (χ3n) is 6.83. The Balaban J connectivity index is 1.07. The lowest BCUT2D eigenvalue weighted by Crippen LogP contribution is -2.63. The van der Waals surface area contributed by atoms with Gasteiger partial charge in [-0.1, -0.05) is 11.6 Å². The quantitative estimate of drug-likeness (QED) is 0.529. The summed E-state index contributed by atoms with van der Waals surface area (Å²) in [6.45, 7) is 4.01. The van der Waals surface area contributed by atoms with E-state index in [9.17, 15) is 9.90 Å². The second-order valence-corrected chi connectivity index (χ2v) is 10.1. The van der Waals surface area contributed by atoms with Gasteiger partial charge in [-0.3, -0.25) is 14.4 Å². The molecule has 0 radical (unpaired) electrons. The summed E-state index contributed by atoms with van der Waals surface area (Å²) in [5.41, 5.74) is 1.45. The van der Waals surface area contributed by atoms with Crippen LogP contribution in [-0.4, -0.2) is 62.4 Å². The summed E-state index contributed by atoms with van der Waals surface area (Å²) in [4.78, 5) is 19.2. The number of carbonyl (C=O) groups excluding carboxylic acids is 1. The molecule has 32 heavy (non-hydrogen) atoms. The Bertz CT molecular complexity index is 1100. The van der Waals surface area contributed by atoms with Crippen LogP contribution in [-0.2, 0) is 17.4 Å². The van der Waals surface area contributed by atoms with E-state index in [1.165, 1.54) is 16.9 Å². The fourth-order valence-corrected chi connectivity index (χ4v) is 5.76. The third kappa shape index (κ3) is 4.12. The molecule has 3 heterocycles. The molecule has 1 amide bonds. The van der Waals surface area contributed by atoms with Gasteiger partial charge in [-0.25, -0.2) is 4.98 Å². The van der Waals surface area contributed by atoms with Gasteiger partial charge in [0.05, 0.1) is 18.1 Å². The van der Waals surface area contributed by atoms with Crippen LogP contribution in [0.2, 0.25) is 0 Å². The topological polar surface area (TPSA) is 95.3 Å². The number of fused-ring (bicyclic) bond motifs is 1. The Morgan fingerprint density at radius 1 is 1.31 bits per heavy atom. The van der Waals surface area contributed by atoms with Crippen LogP contribution < -0.4 is 10.6 Å². The van der Waals surface area contributed by atoms with Gasteiger partial charge < -0.3 is 15.7 Å². The maximum absolute atomic E-state index is 12.5. The van der Waals surface area contributed by atoms with E-state index in [0.29, 0.717) is 6.04 Å². The molecule has 0 spiro atoms. The van der Waals surface area contributed by atoms with E-state index in [-0.39, 0.29) is 18.5 Å². The van der Waals surface area contributed by atoms with E-state index in [1.807, 2.05) is 17.1 Å².